The second kappa shape index (κ2) is 10.7. The summed E-state index contributed by atoms with van der Waals surface area (Å²) in [5, 5.41) is 14.9. The van der Waals surface area contributed by atoms with E-state index in [2.05, 4.69) is 39.0 Å². The SMILES string of the molecule is CCNC(=NCc1nnc2ccccn12)NCCCSC.I. The lowest BCUT2D eigenvalue weighted by atomic mass is 10.4. The molecule has 0 amide bonds. The number of nitrogens with zero attached hydrogens (tertiary/aromatic N) is 4. The molecule has 2 aromatic rings. The van der Waals surface area contributed by atoms with E-state index in [1.54, 1.807) is 0 Å². The molecule has 0 saturated carbocycles. The van der Waals surface area contributed by atoms with Gasteiger partial charge in [-0.3, -0.25) is 4.40 Å². The van der Waals surface area contributed by atoms with E-state index in [0.717, 1.165) is 42.7 Å². The molecule has 0 aliphatic carbocycles. The van der Waals surface area contributed by atoms with E-state index in [0.29, 0.717) is 6.54 Å². The molecule has 2 aromatic heterocycles. The summed E-state index contributed by atoms with van der Waals surface area (Å²) in [7, 11) is 0. The van der Waals surface area contributed by atoms with E-state index in [1.165, 1.54) is 0 Å². The average molecular weight is 434 g/mol. The van der Waals surface area contributed by atoms with Crippen molar-refractivity contribution < 1.29 is 0 Å². The normalized spacial score (nSPS) is 11.3. The Morgan fingerprint density at radius 2 is 2.18 bits per heavy atom. The number of hydrogen-bond donors (Lipinski definition) is 2. The summed E-state index contributed by atoms with van der Waals surface area (Å²) in [4.78, 5) is 4.57. The van der Waals surface area contributed by atoms with Crippen LogP contribution < -0.4 is 10.6 Å². The number of nitrogens with one attached hydrogen (secondary N) is 2. The van der Waals surface area contributed by atoms with Crippen LogP contribution in [0.15, 0.2) is 29.4 Å². The molecule has 2 heterocycles. The van der Waals surface area contributed by atoms with Gasteiger partial charge in [0, 0.05) is 19.3 Å². The largest absolute Gasteiger partial charge is 0.357 e. The number of halogens is 1. The summed E-state index contributed by atoms with van der Waals surface area (Å²) in [5.74, 6) is 2.82. The number of guanidine groups is 1. The van der Waals surface area contributed by atoms with E-state index in [9.17, 15) is 0 Å². The van der Waals surface area contributed by atoms with Gasteiger partial charge in [-0.2, -0.15) is 11.8 Å². The van der Waals surface area contributed by atoms with Crippen molar-refractivity contribution in [2.45, 2.75) is 19.9 Å². The third-order valence-electron chi connectivity index (χ3n) is 2.92. The first-order chi connectivity index (χ1) is 10.3. The van der Waals surface area contributed by atoms with Crippen LogP contribution >= 0.6 is 35.7 Å². The Morgan fingerprint density at radius 1 is 1.32 bits per heavy atom. The maximum atomic E-state index is 4.57. The van der Waals surface area contributed by atoms with Gasteiger partial charge in [-0.15, -0.1) is 34.2 Å². The van der Waals surface area contributed by atoms with Crippen LogP contribution in [0.2, 0.25) is 0 Å². The molecule has 6 nitrogen and oxygen atoms in total. The lowest BCUT2D eigenvalue weighted by Gasteiger charge is -2.10. The first-order valence-electron chi connectivity index (χ1n) is 7.15. The van der Waals surface area contributed by atoms with Gasteiger partial charge in [0.25, 0.3) is 0 Å². The minimum absolute atomic E-state index is 0. The predicted molar refractivity (Wildman–Crippen MR) is 104 cm³/mol. The number of thioether (sulfide) groups is 1. The van der Waals surface area contributed by atoms with Gasteiger partial charge in [0.2, 0.25) is 0 Å². The lowest BCUT2D eigenvalue weighted by Crippen LogP contribution is -2.37. The van der Waals surface area contributed by atoms with E-state index >= 15 is 0 Å². The van der Waals surface area contributed by atoms with Crippen LogP contribution in [0, 0.1) is 0 Å². The van der Waals surface area contributed by atoms with Crippen LogP contribution in [-0.2, 0) is 6.54 Å². The fourth-order valence-corrected chi connectivity index (χ4v) is 2.35. The Balaban J connectivity index is 0.00000242. The number of aromatic nitrogens is 3. The van der Waals surface area contributed by atoms with Gasteiger partial charge in [-0.1, -0.05) is 6.07 Å². The van der Waals surface area contributed by atoms with Crippen LogP contribution in [0.5, 0.6) is 0 Å². The monoisotopic (exact) mass is 434 g/mol. The molecule has 2 rings (SSSR count). The van der Waals surface area contributed by atoms with Crippen molar-refractivity contribution in [3.8, 4) is 0 Å². The molecule has 0 bridgehead atoms. The Morgan fingerprint density at radius 3 is 2.95 bits per heavy atom. The number of fused-ring (bicyclic) bond motifs is 1. The van der Waals surface area contributed by atoms with Crippen molar-refractivity contribution in [2.24, 2.45) is 4.99 Å². The summed E-state index contributed by atoms with van der Waals surface area (Å²) in [5.41, 5.74) is 0.848. The topological polar surface area (TPSA) is 66.6 Å². The van der Waals surface area contributed by atoms with Gasteiger partial charge in [0.05, 0.1) is 0 Å². The van der Waals surface area contributed by atoms with Gasteiger partial charge < -0.3 is 10.6 Å². The van der Waals surface area contributed by atoms with Gasteiger partial charge in [-0.05, 0) is 37.5 Å². The third kappa shape index (κ3) is 5.64. The molecule has 122 valence electrons. The van der Waals surface area contributed by atoms with E-state index in [4.69, 9.17) is 0 Å². The Kier molecular flexibility index (Phi) is 9.21. The minimum atomic E-state index is 0. The van der Waals surface area contributed by atoms with E-state index in [-0.39, 0.29) is 24.0 Å². The number of hydrogen-bond acceptors (Lipinski definition) is 4. The summed E-state index contributed by atoms with van der Waals surface area (Å²) in [6.45, 7) is 4.33. The third-order valence-corrected chi connectivity index (χ3v) is 3.62. The van der Waals surface area contributed by atoms with Crippen LogP contribution in [-0.4, -0.2) is 45.7 Å². The number of rotatable bonds is 7. The highest BCUT2D eigenvalue weighted by Crippen LogP contribution is 2.03. The molecule has 0 unspecified atom stereocenters. The zero-order valence-corrected chi connectivity index (χ0v) is 16.1. The Bertz CT molecular complexity index is 585. The quantitative estimate of drug-likeness (QED) is 0.303. The molecule has 2 N–H and O–H groups in total. The van der Waals surface area contributed by atoms with Gasteiger partial charge in [0.1, 0.15) is 6.54 Å². The molecular weight excluding hydrogens is 411 g/mol. The average Bonchev–Trinajstić information content (AvgIpc) is 2.92. The van der Waals surface area contributed by atoms with E-state index in [1.807, 2.05) is 40.6 Å². The molecular formula is C14H23IN6S. The second-order valence-electron chi connectivity index (χ2n) is 4.51. The van der Waals surface area contributed by atoms with Crippen molar-refractivity contribution in [1.29, 1.82) is 0 Å². The molecule has 0 atom stereocenters. The van der Waals surface area contributed by atoms with Crippen LogP contribution in [0.4, 0.5) is 0 Å². The maximum Gasteiger partial charge on any atom is 0.191 e. The summed E-state index contributed by atoms with van der Waals surface area (Å²) >= 11 is 1.86. The van der Waals surface area contributed by atoms with Crippen molar-refractivity contribution >= 4 is 47.3 Å². The molecule has 0 radical (unpaired) electrons. The summed E-state index contributed by atoms with van der Waals surface area (Å²) in [6.07, 6.45) is 5.20. The van der Waals surface area contributed by atoms with Crippen LogP contribution in [0.25, 0.3) is 5.65 Å². The molecule has 22 heavy (non-hydrogen) atoms. The zero-order valence-electron chi connectivity index (χ0n) is 13.0. The first-order valence-corrected chi connectivity index (χ1v) is 8.54. The van der Waals surface area contributed by atoms with Crippen LogP contribution in [0.1, 0.15) is 19.2 Å². The van der Waals surface area contributed by atoms with E-state index < -0.39 is 0 Å². The van der Waals surface area contributed by atoms with Crippen LogP contribution in [0.3, 0.4) is 0 Å². The lowest BCUT2D eigenvalue weighted by molar-refractivity contribution is 0.780. The molecule has 8 heteroatoms. The molecule has 0 aromatic carbocycles. The standard InChI is InChI=1S/C14H22N6S.HI/c1-3-15-14(16-8-6-10-21-2)17-11-13-19-18-12-7-4-5-9-20(12)13;/h4-5,7,9H,3,6,8,10-11H2,1-2H3,(H2,15,16,17);1H. The van der Waals surface area contributed by atoms with Crippen molar-refractivity contribution in [3.05, 3.63) is 30.2 Å². The highest BCUT2D eigenvalue weighted by molar-refractivity contribution is 14.0. The predicted octanol–water partition coefficient (Wildman–Crippen LogP) is 2.16. The summed E-state index contributed by atoms with van der Waals surface area (Å²) in [6, 6.07) is 5.86. The smallest absolute Gasteiger partial charge is 0.191 e. The Hall–Kier alpha value is -1.03. The highest BCUT2D eigenvalue weighted by atomic mass is 127. The minimum Gasteiger partial charge on any atom is -0.357 e. The zero-order chi connectivity index (χ0) is 14.9. The first kappa shape index (κ1) is 19.0. The van der Waals surface area contributed by atoms with Crippen molar-refractivity contribution in [3.63, 3.8) is 0 Å². The number of pyridine rings is 1. The molecule has 0 saturated heterocycles. The van der Waals surface area contributed by atoms with Gasteiger partial charge in [-0.25, -0.2) is 4.99 Å². The Labute approximate surface area is 152 Å². The highest BCUT2D eigenvalue weighted by Gasteiger charge is 2.04. The van der Waals surface area contributed by atoms with Crippen molar-refractivity contribution in [1.82, 2.24) is 25.2 Å². The maximum absolute atomic E-state index is 4.57. The van der Waals surface area contributed by atoms with Crippen molar-refractivity contribution in [2.75, 3.05) is 25.1 Å². The van der Waals surface area contributed by atoms with Gasteiger partial charge >= 0.3 is 0 Å². The molecule has 0 aliphatic rings. The second-order valence-corrected chi connectivity index (χ2v) is 5.50. The number of aliphatic imine (C=N–C) groups is 1. The molecule has 0 aliphatic heterocycles. The molecule has 0 spiro atoms. The molecule has 0 fully saturated rings. The van der Waals surface area contributed by atoms with Gasteiger partial charge in [0.15, 0.2) is 17.4 Å². The fourth-order valence-electron chi connectivity index (χ4n) is 1.91. The summed E-state index contributed by atoms with van der Waals surface area (Å²) < 4.78 is 1.96. The fraction of sp³-hybridized carbons (Fsp3) is 0.500.